The summed E-state index contributed by atoms with van der Waals surface area (Å²) in [6.07, 6.45) is 5.78. The van der Waals surface area contributed by atoms with Gasteiger partial charge in [-0.25, -0.2) is 15.0 Å². The summed E-state index contributed by atoms with van der Waals surface area (Å²) in [6, 6.07) is 11.9. The summed E-state index contributed by atoms with van der Waals surface area (Å²) in [7, 11) is 0. The van der Waals surface area contributed by atoms with E-state index < -0.39 is 0 Å². The second-order valence-electron chi connectivity index (χ2n) is 5.74. The van der Waals surface area contributed by atoms with Crippen LogP contribution in [0.3, 0.4) is 0 Å². The molecule has 6 heteroatoms. The maximum absolute atomic E-state index is 4.70. The quantitative estimate of drug-likeness (QED) is 0.805. The summed E-state index contributed by atoms with van der Waals surface area (Å²) in [5.41, 5.74) is 1.04. The van der Waals surface area contributed by atoms with Gasteiger partial charge in [-0.2, -0.15) is 5.10 Å². The predicted octanol–water partition coefficient (Wildman–Crippen LogP) is 2.65. The molecule has 0 aliphatic carbocycles. The topological polar surface area (TPSA) is 70.6 Å². The SMILES string of the molecule is c1ccc(-c2n[nH]c(C3CCCN(c4ncccn4)C3)n2)cc1. The molecule has 1 aromatic carbocycles. The predicted molar refractivity (Wildman–Crippen MR) is 88.0 cm³/mol. The smallest absolute Gasteiger partial charge is 0.225 e. The molecule has 1 aliphatic rings. The van der Waals surface area contributed by atoms with E-state index in [1.54, 1.807) is 12.4 Å². The highest BCUT2D eigenvalue weighted by molar-refractivity contribution is 5.54. The minimum Gasteiger partial charge on any atom is -0.340 e. The number of H-pyrrole nitrogens is 1. The summed E-state index contributed by atoms with van der Waals surface area (Å²) >= 11 is 0. The van der Waals surface area contributed by atoms with Crippen molar-refractivity contribution in [3.8, 4) is 11.4 Å². The Morgan fingerprint density at radius 2 is 1.87 bits per heavy atom. The number of aromatic amines is 1. The van der Waals surface area contributed by atoms with E-state index in [0.29, 0.717) is 5.92 Å². The van der Waals surface area contributed by atoms with Crippen molar-refractivity contribution in [3.63, 3.8) is 0 Å². The van der Waals surface area contributed by atoms with Gasteiger partial charge >= 0.3 is 0 Å². The van der Waals surface area contributed by atoms with E-state index in [-0.39, 0.29) is 0 Å². The molecule has 1 N–H and O–H groups in total. The van der Waals surface area contributed by atoms with Crippen LogP contribution < -0.4 is 4.90 Å². The van der Waals surface area contributed by atoms with Gasteiger partial charge in [-0.05, 0) is 18.9 Å². The number of aromatic nitrogens is 5. The molecule has 1 fully saturated rings. The highest BCUT2D eigenvalue weighted by Crippen LogP contribution is 2.27. The van der Waals surface area contributed by atoms with E-state index in [0.717, 1.165) is 49.1 Å². The van der Waals surface area contributed by atoms with Crippen molar-refractivity contribution in [2.24, 2.45) is 0 Å². The number of benzene rings is 1. The van der Waals surface area contributed by atoms with Crippen LogP contribution in [0.15, 0.2) is 48.8 Å². The van der Waals surface area contributed by atoms with Gasteiger partial charge < -0.3 is 4.90 Å². The number of hydrogen-bond acceptors (Lipinski definition) is 5. The summed E-state index contributed by atoms with van der Waals surface area (Å²) in [4.78, 5) is 15.6. The van der Waals surface area contributed by atoms with Crippen molar-refractivity contribution < 1.29 is 0 Å². The molecule has 0 amide bonds. The van der Waals surface area contributed by atoms with Crippen LogP contribution in [0.2, 0.25) is 0 Å². The van der Waals surface area contributed by atoms with Crippen molar-refractivity contribution in [3.05, 3.63) is 54.6 Å². The number of piperidine rings is 1. The van der Waals surface area contributed by atoms with Gasteiger partial charge in [0.25, 0.3) is 0 Å². The van der Waals surface area contributed by atoms with E-state index in [1.807, 2.05) is 36.4 Å². The van der Waals surface area contributed by atoms with Crippen LogP contribution in [0.4, 0.5) is 5.95 Å². The van der Waals surface area contributed by atoms with Crippen molar-refractivity contribution >= 4 is 5.95 Å². The van der Waals surface area contributed by atoms with Gasteiger partial charge in [0.2, 0.25) is 5.95 Å². The van der Waals surface area contributed by atoms with Crippen LogP contribution in [0, 0.1) is 0 Å². The molecule has 116 valence electrons. The first-order chi connectivity index (χ1) is 11.4. The Balaban J connectivity index is 1.53. The number of nitrogens with zero attached hydrogens (tertiary/aromatic N) is 5. The fourth-order valence-corrected chi connectivity index (χ4v) is 3.01. The molecule has 1 aliphatic heterocycles. The molecule has 0 spiro atoms. The van der Waals surface area contributed by atoms with E-state index in [2.05, 4.69) is 25.1 Å². The molecular formula is C17H18N6. The van der Waals surface area contributed by atoms with Gasteiger partial charge in [-0.1, -0.05) is 30.3 Å². The highest BCUT2D eigenvalue weighted by atomic mass is 15.3. The van der Waals surface area contributed by atoms with Crippen molar-refractivity contribution in [2.45, 2.75) is 18.8 Å². The molecule has 3 heterocycles. The molecule has 0 bridgehead atoms. The normalized spacial score (nSPS) is 18.1. The highest BCUT2D eigenvalue weighted by Gasteiger charge is 2.25. The first-order valence-electron chi connectivity index (χ1n) is 7.90. The molecule has 4 rings (SSSR count). The maximum atomic E-state index is 4.70. The van der Waals surface area contributed by atoms with Gasteiger partial charge in [0.1, 0.15) is 5.82 Å². The molecule has 2 aromatic heterocycles. The van der Waals surface area contributed by atoms with Crippen LogP contribution >= 0.6 is 0 Å². The van der Waals surface area contributed by atoms with Gasteiger partial charge in [0.15, 0.2) is 5.82 Å². The standard InChI is InChI=1S/C17H18N6/c1-2-6-13(7-3-1)15-20-16(22-21-15)14-8-4-11-23(12-14)17-18-9-5-10-19-17/h1-3,5-7,9-10,14H,4,8,11-12H2,(H,20,21,22). The summed E-state index contributed by atoms with van der Waals surface area (Å²) in [5, 5.41) is 7.49. The van der Waals surface area contributed by atoms with Crippen LogP contribution in [-0.2, 0) is 0 Å². The molecule has 1 atom stereocenters. The lowest BCUT2D eigenvalue weighted by atomic mass is 9.97. The molecule has 6 nitrogen and oxygen atoms in total. The fraction of sp³-hybridized carbons (Fsp3) is 0.294. The van der Waals surface area contributed by atoms with Crippen LogP contribution in [0.5, 0.6) is 0 Å². The summed E-state index contributed by atoms with van der Waals surface area (Å²) in [5.74, 6) is 2.83. The van der Waals surface area contributed by atoms with Crippen LogP contribution in [0.25, 0.3) is 11.4 Å². The average molecular weight is 306 g/mol. The average Bonchev–Trinajstić information content (AvgIpc) is 3.14. The third-order valence-electron chi connectivity index (χ3n) is 4.18. The van der Waals surface area contributed by atoms with E-state index in [9.17, 15) is 0 Å². The Morgan fingerprint density at radius 3 is 2.70 bits per heavy atom. The summed E-state index contributed by atoms with van der Waals surface area (Å²) < 4.78 is 0. The van der Waals surface area contributed by atoms with E-state index in [1.165, 1.54) is 0 Å². The zero-order valence-electron chi connectivity index (χ0n) is 12.8. The number of rotatable bonds is 3. The summed E-state index contributed by atoms with van der Waals surface area (Å²) in [6.45, 7) is 1.85. The molecule has 0 saturated carbocycles. The Kier molecular flexibility index (Phi) is 3.71. The first kappa shape index (κ1) is 13.9. The fourth-order valence-electron chi connectivity index (χ4n) is 3.01. The minimum absolute atomic E-state index is 0.331. The maximum Gasteiger partial charge on any atom is 0.225 e. The second kappa shape index (κ2) is 6.16. The lowest BCUT2D eigenvalue weighted by Crippen LogP contribution is -2.35. The van der Waals surface area contributed by atoms with Gasteiger partial charge in [-0.3, -0.25) is 5.10 Å². The largest absolute Gasteiger partial charge is 0.340 e. The van der Waals surface area contributed by atoms with Crippen molar-refractivity contribution in [1.82, 2.24) is 25.1 Å². The molecule has 1 saturated heterocycles. The Labute approximate surface area is 134 Å². The third-order valence-corrected chi connectivity index (χ3v) is 4.18. The van der Waals surface area contributed by atoms with Crippen molar-refractivity contribution in [2.75, 3.05) is 18.0 Å². The lowest BCUT2D eigenvalue weighted by molar-refractivity contribution is 0.487. The molecule has 23 heavy (non-hydrogen) atoms. The lowest BCUT2D eigenvalue weighted by Gasteiger charge is -2.31. The Morgan fingerprint density at radius 1 is 1.04 bits per heavy atom. The van der Waals surface area contributed by atoms with Gasteiger partial charge in [-0.15, -0.1) is 0 Å². The monoisotopic (exact) mass is 306 g/mol. The zero-order chi connectivity index (χ0) is 15.5. The first-order valence-corrected chi connectivity index (χ1v) is 7.90. The Hall–Kier alpha value is -2.76. The van der Waals surface area contributed by atoms with Gasteiger partial charge in [0, 0.05) is 37.0 Å². The van der Waals surface area contributed by atoms with Crippen LogP contribution in [0.1, 0.15) is 24.6 Å². The number of hydrogen-bond donors (Lipinski definition) is 1. The molecule has 0 radical (unpaired) electrons. The van der Waals surface area contributed by atoms with Crippen molar-refractivity contribution in [1.29, 1.82) is 0 Å². The number of anilines is 1. The second-order valence-corrected chi connectivity index (χ2v) is 5.74. The molecule has 1 unspecified atom stereocenters. The zero-order valence-corrected chi connectivity index (χ0v) is 12.8. The van der Waals surface area contributed by atoms with E-state index in [4.69, 9.17) is 4.98 Å². The third kappa shape index (κ3) is 2.92. The number of nitrogens with one attached hydrogen (secondary N) is 1. The Bertz CT molecular complexity index is 755. The molecule has 3 aromatic rings. The molecular weight excluding hydrogens is 288 g/mol. The minimum atomic E-state index is 0.331. The van der Waals surface area contributed by atoms with Crippen LogP contribution in [-0.4, -0.2) is 38.2 Å². The van der Waals surface area contributed by atoms with E-state index >= 15 is 0 Å². The van der Waals surface area contributed by atoms with Gasteiger partial charge in [0.05, 0.1) is 0 Å².